The fraction of sp³-hybridized carbons (Fsp3) is 0.100. The van der Waals surface area contributed by atoms with Gasteiger partial charge in [-0.1, -0.05) is 34.8 Å². The van der Waals surface area contributed by atoms with Crippen LogP contribution in [0.2, 0.25) is 15.1 Å². The first-order chi connectivity index (χ1) is 7.56. The third-order valence-corrected chi connectivity index (χ3v) is 3.53. The summed E-state index contributed by atoms with van der Waals surface area (Å²) in [6.07, 6.45) is 1.55. The number of nitrogen functional groups attached to an aromatic ring is 1. The standard InChI is InChI=1S/C10H8Cl3N3/c1-15-10-5(14)3-16-6-2-4(11)8(12)9(13)7(6)10/h2-3H,14H2,1H3,(H,15,16). The summed E-state index contributed by atoms with van der Waals surface area (Å²) in [4.78, 5) is 4.16. The lowest BCUT2D eigenvalue weighted by atomic mass is 10.1. The van der Waals surface area contributed by atoms with Gasteiger partial charge in [0.15, 0.2) is 0 Å². The van der Waals surface area contributed by atoms with Crippen molar-refractivity contribution in [2.75, 3.05) is 18.1 Å². The van der Waals surface area contributed by atoms with Crippen molar-refractivity contribution in [1.29, 1.82) is 0 Å². The van der Waals surface area contributed by atoms with Gasteiger partial charge < -0.3 is 11.1 Å². The zero-order valence-electron chi connectivity index (χ0n) is 8.31. The van der Waals surface area contributed by atoms with Crippen LogP contribution in [-0.2, 0) is 0 Å². The maximum atomic E-state index is 6.14. The Kier molecular flexibility index (Phi) is 3.02. The molecule has 0 bridgehead atoms. The molecule has 0 fully saturated rings. The number of aromatic nitrogens is 1. The molecule has 2 aromatic rings. The monoisotopic (exact) mass is 275 g/mol. The first kappa shape index (κ1) is 11.6. The molecule has 0 amide bonds. The Bertz CT molecular complexity index is 569. The van der Waals surface area contributed by atoms with Gasteiger partial charge in [-0.2, -0.15) is 0 Å². The molecule has 0 atom stereocenters. The molecule has 0 aliphatic rings. The molecule has 84 valence electrons. The number of rotatable bonds is 1. The third-order valence-electron chi connectivity index (χ3n) is 2.27. The maximum absolute atomic E-state index is 6.14. The second kappa shape index (κ2) is 4.17. The Morgan fingerprint density at radius 3 is 2.56 bits per heavy atom. The first-order valence-corrected chi connectivity index (χ1v) is 5.59. The highest BCUT2D eigenvalue weighted by molar-refractivity contribution is 6.51. The number of benzene rings is 1. The van der Waals surface area contributed by atoms with Crippen molar-refractivity contribution >= 4 is 57.1 Å². The van der Waals surface area contributed by atoms with Crippen molar-refractivity contribution in [2.24, 2.45) is 0 Å². The van der Waals surface area contributed by atoms with Crippen LogP contribution in [0.5, 0.6) is 0 Å². The van der Waals surface area contributed by atoms with Gasteiger partial charge in [0, 0.05) is 12.4 Å². The fourth-order valence-corrected chi connectivity index (χ4v) is 2.23. The van der Waals surface area contributed by atoms with E-state index < -0.39 is 0 Å². The number of fused-ring (bicyclic) bond motifs is 1. The predicted octanol–water partition coefficient (Wildman–Crippen LogP) is 3.82. The lowest BCUT2D eigenvalue weighted by Crippen LogP contribution is -1.98. The van der Waals surface area contributed by atoms with E-state index in [1.54, 1.807) is 19.3 Å². The number of nitrogens with zero attached hydrogens (tertiary/aromatic N) is 1. The van der Waals surface area contributed by atoms with Crippen molar-refractivity contribution < 1.29 is 0 Å². The lowest BCUT2D eigenvalue weighted by Gasteiger charge is -2.11. The number of nitrogens with two attached hydrogens (primary N) is 1. The molecule has 0 saturated heterocycles. The van der Waals surface area contributed by atoms with E-state index in [9.17, 15) is 0 Å². The van der Waals surface area contributed by atoms with Gasteiger partial charge in [0.2, 0.25) is 0 Å². The Hall–Kier alpha value is -0.900. The SMILES string of the molecule is CNc1c(N)cnc2cc(Cl)c(Cl)c(Cl)c12. The summed E-state index contributed by atoms with van der Waals surface area (Å²) in [6.45, 7) is 0. The van der Waals surface area contributed by atoms with E-state index in [0.717, 1.165) is 0 Å². The van der Waals surface area contributed by atoms with Gasteiger partial charge in [-0.05, 0) is 6.07 Å². The van der Waals surface area contributed by atoms with E-state index in [4.69, 9.17) is 40.5 Å². The topological polar surface area (TPSA) is 50.9 Å². The molecule has 0 aliphatic heterocycles. The summed E-state index contributed by atoms with van der Waals surface area (Å²) >= 11 is 18.0. The molecule has 0 aliphatic carbocycles. The van der Waals surface area contributed by atoms with Crippen LogP contribution in [0.4, 0.5) is 11.4 Å². The number of hydrogen-bond acceptors (Lipinski definition) is 3. The Morgan fingerprint density at radius 1 is 1.25 bits per heavy atom. The average molecular weight is 277 g/mol. The van der Waals surface area contributed by atoms with Crippen molar-refractivity contribution in [1.82, 2.24) is 4.98 Å². The highest BCUT2D eigenvalue weighted by Crippen LogP contribution is 2.40. The molecule has 16 heavy (non-hydrogen) atoms. The molecule has 0 radical (unpaired) electrons. The molecular weight excluding hydrogens is 268 g/mol. The summed E-state index contributed by atoms with van der Waals surface area (Å²) in [5.41, 5.74) is 7.66. The fourth-order valence-electron chi connectivity index (χ4n) is 1.54. The van der Waals surface area contributed by atoms with Gasteiger partial charge in [-0.15, -0.1) is 0 Å². The number of nitrogens with one attached hydrogen (secondary N) is 1. The van der Waals surface area contributed by atoms with Crippen LogP contribution in [-0.4, -0.2) is 12.0 Å². The molecule has 6 heteroatoms. The summed E-state index contributed by atoms with van der Waals surface area (Å²) in [7, 11) is 1.75. The molecule has 2 rings (SSSR count). The van der Waals surface area contributed by atoms with Crippen molar-refractivity contribution in [2.45, 2.75) is 0 Å². The summed E-state index contributed by atoms with van der Waals surface area (Å²) in [5.74, 6) is 0. The van der Waals surface area contributed by atoms with Gasteiger partial charge in [-0.3, -0.25) is 4.98 Å². The van der Waals surface area contributed by atoms with Crippen molar-refractivity contribution in [3.63, 3.8) is 0 Å². The molecule has 1 heterocycles. The molecule has 1 aromatic carbocycles. The highest BCUT2D eigenvalue weighted by Gasteiger charge is 2.14. The molecule has 3 N–H and O–H groups in total. The lowest BCUT2D eigenvalue weighted by molar-refractivity contribution is 1.40. The van der Waals surface area contributed by atoms with E-state index in [2.05, 4.69) is 10.3 Å². The Labute approximate surface area is 107 Å². The predicted molar refractivity (Wildman–Crippen MR) is 70.7 cm³/mol. The van der Waals surface area contributed by atoms with Gasteiger partial charge >= 0.3 is 0 Å². The second-order valence-corrected chi connectivity index (χ2v) is 4.38. The van der Waals surface area contributed by atoms with Crippen LogP contribution >= 0.6 is 34.8 Å². The van der Waals surface area contributed by atoms with Gasteiger partial charge in [0.25, 0.3) is 0 Å². The molecule has 0 unspecified atom stereocenters. The number of halogens is 3. The quantitative estimate of drug-likeness (QED) is 0.779. The normalized spacial score (nSPS) is 10.8. The second-order valence-electron chi connectivity index (χ2n) is 3.22. The molecule has 1 aromatic heterocycles. The van der Waals surface area contributed by atoms with Crippen LogP contribution in [0.15, 0.2) is 12.3 Å². The van der Waals surface area contributed by atoms with E-state index >= 15 is 0 Å². The highest BCUT2D eigenvalue weighted by atomic mass is 35.5. The molecule has 0 saturated carbocycles. The van der Waals surface area contributed by atoms with Crippen LogP contribution in [0.25, 0.3) is 10.9 Å². The minimum absolute atomic E-state index is 0.305. The van der Waals surface area contributed by atoms with Crippen LogP contribution in [0, 0.1) is 0 Å². The number of anilines is 2. The summed E-state index contributed by atoms with van der Waals surface area (Å²) in [6, 6.07) is 1.66. The average Bonchev–Trinajstić information content (AvgIpc) is 2.27. The third kappa shape index (κ3) is 1.65. The van der Waals surface area contributed by atoms with E-state index in [1.165, 1.54) is 0 Å². The largest absolute Gasteiger partial charge is 0.396 e. The Morgan fingerprint density at radius 2 is 1.94 bits per heavy atom. The molecular formula is C10H8Cl3N3. The van der Waals surface area contributed by atoms with E-state index in [-0.39, 0.29) is 0 Å². The zero-order chi connectivity index (χ0) is 11.9. The minimum Gasteiger partial charge on any atom is -0.396 e. The van der Waals surface area contributed by atoms with Gasteiger partial charge in [-0.25, -0.2) is 0 Å². The summed E-state index contributed by atoms with van der Waals surface area (Å²) in [5, 5.41) is 4.69. The Balaban J connectivity index is 2.97. The van der Waals surface area contributed by atoms with Gasteiger partial charge in [0.1, 0.15) is 0 Å². The van der Waals surface area contributed by atoms with Crippen molar-refractivity contribution in [3.05, 3.63) is 27.3 Å². The zero-order valence-corrected chi connectivity index (χ0v) is 10.6. The van der Waals surface area contributed by atoms with E-state index in [1.807, 2.05) is 0 Å². The molecule has 0 spiro atoms. The van der Waals surface area contributed by atoms with Gasteiger partial charge in [0.05, 0.1) is 38.2 Å². The number of pyridine rings is 1. The van der Waals surface area contributed by atoms with E-state index in [0.29, 0.717) is 37.3 Å². The summed E-state index contributed by atoms with van der Waals surface area (Å²) < 4.78 is 0. The van der Waals surface area contributed by atoms with Crippen LogP contribution in [0.1, 0.15) is 0 Å². The first-order valence-electron chi connectivity index (χ1n) is 4.45. The van der Waals surface area contributed by atoms with Crippen LogP contribution < -0.4 is 11.1 Å². The minimum atomic E-state index is 0.305. The molecule has 3 nitrogen and oxygen atoms in total. The maximum Gasteiger partial charge on any atom is 0.0787 e. The smallest absolute Gasteiger partial charge is 0.0787 e. The van der Waals surface area contributed by atoms with Crippen molar-refractivity contribution in [3.8, 4) is 0 Å². The number of hydrogen-bond donors (Lipinski definition) is 2. The van der Waals surface area contributed by atoms with Crippen LogP contribution in [0.3, 0.4) is 0 Å².